The zero-order chi connectivity index (χ0) is 7.11. The molecule has 1 N–H and O–H groups in total. The average Bonchev–Trinajstić information content (AvgIpc) is 1.85. The van der Waals surface area contributed by atoms with Gasteiger partial charge in [-0.15, -0.1) is 0 Å². The van der Waals surface area contributed by atoms with Gasteiger partial charge in [0.05, 0.1) is 5.76 Å². The van der Waals surface area contributed by atoms with Crippen LogP contribution in [0.15, 0.2) is 11.8 Å². The maximum Gasteiger partial charge on any atom is 0.0882 e. The van der Waals surface area contributed by atoms with Gasteiger partial charge in [0.25, 0.3) is 0 Å². The van der Waals surface area contributed by atoms with Crippen molar-refractivity contribution < 1.29 is 5.11 Å². The molecule has 0 rings (SSSR count). The number of aliphatic hydroxyl groups excluding tert-OH is 1. The molecule has 54 valence electrons. The predicted molar refractivity (Wildman–Crippen MR) is 40.5 cm³/mol. The third-order valence-corrected chi connectivity index (χ3v) is 1.17. The Labute approximate surface area is 57.4 Å². The van der Waals surface area contributed by atoms with Gasteiger partial charge >= 0.3 is 0 Å². The summed E-state index contributed by atoms with van der Waals surface area (Å²) >= 11 is 0. The fourth-order valence-corrected chi connectivity index (χ4v) is 0.669. The second-order valence-electron chi connectivity index (χ2n) is 2.23. The van der Waals surface area contributed by atoms with Crippen LogP contribution in [0.25, 0.3) is 0 Å². The number of aliphatic hydroxyl groups is 1. The normalized spacial score (nSPS) is 12.0. The van der Waals surface area contributed by atoms with Gasteiger partial charge in [-0.2, -0.15) is 0 Å². The zero-order valence-corrected chi connectivity index (χ0v) is 6.35. The van der Waals surface area contributed by atoms with Gasteiger partial charge in [0.1, 0.15) is 0 Å². The van der Waals surface area contributed by atoms with Gasteiger partial charge in [-0.3, -0.25) is 0 Å². The van der Waals surface area contributed by atoms with Crippen molar-refractivity contribution in [2.24, 2.45) is 0 Å². The molecule has 0 spiro atoms. The molecular weight excluding hydrogens is 112 g/mol. The molecule has 9 heavy (non-hydrogen) atoms. The number of rotatable bonds is 4. The van der Waals surface area contributed by atoms with Crippen molar-refractivity contribution in [3.63, 3.8) is 0 Å². The molecule has 0 aromatic carbocycles. The summed E-state index contributed by atoms with van der Waals surface area (Å²) in [5, 5.41) is 9.04. The number of hydrogen-bond acceptors (Lipinski definition) is 1. The lowest BCUT2D eigenvalue weighted by Gasteiger charge is -1.93. The lowest BCUT2D eigenvalue weighted by Crippen LogP contribution is -1.78. The SMILES string of the molecule is CCCC=C(O)CCC. The Morgan fingerprint density at radius 2 is 2.00 bits per heavy atom. The molecule has 0 aromatic rings. The quantitative estimate of drug-likeness (QED) is 0.577. The third kappa shape index (κ3) is 5.41. The molecule has 0 bridgehead atoms. The van der Waals surface area contributed by atoms with E-state index in [1.165, 1.54) is 0 Å². The zero-order valence-electron chi connectivity index (χ0n) is 6.35. The van der Waals surface area contributed by atoms with E-state index in [1.54, 1.807) is 0 Å². The average molecular weight is 128 g/mol. The van der Waals surface area contributed by atoms with Crippen LogP contribution < -0.4 is 0 Å². The van der Waals surface area contributed by atoms with Crippen molar-refractivity contribution in [3.05, 3.63) is 11.8 Å². The highest BCUT2D eigenvalue weighted by atomic mass is 16.3. The Morgan fingerprint density at radius 1 is 1.33 bits per heavy atom. The second kappa shape index (κ2) is 5.67. The minimum atomic E-state index is 0.555. The van der Waals surface area contributed by atoms with Crippen LogP contribution in [0.5, 0.6) is 0 Å². The summed E-state index contributed by atoms with van der Waals surface area (Å²) in [6.45, 7) is 4.17. The first-order chi connectivity index (χ1) is 4.31. The van der Waals surface area contributed by atoms with E-state index in [0.29, 0.717) is 5.76 Å². The van der Waals surface area contributed by atoms with Gasteiger partial charge in [0, 0.05) is 6.42 Å². The molecular formula is C8H16O. The first kappa shape index (κ1) is 8.54. The Kier molecular flexibility index (Phi) is 5.38. The summed E-state index contributed by atoms with van der Waals surface area (Å²) in [7, 11) is 0. The monoisotopic (exact) mass is 128 g/mol. The number of allylic oxidation sites excluding steroid dienone is 2. The van der Waals surface area contributed by atoms with Crippen LogP contribution in [-0.4, -0.2) is 5.11 Å². The van der Waals surface area contributed by atoms with E-state index < -0.39 is 0 Å². The molecule has 1 nitrogen and oxygen atoms in total. The van der Waals surface area contributed by atoms with Gasteiger partial charge < -0.3 is 5.11 Å². The molecule has 0 amide bonds. The number of hydrogen-bond donors (Lipinski definition) is 1. The summed E-state index contributed by atoms with van der Waals surface area (Å²) in [6.07, 6.45) is 5.90. The molecule has 0 aliphatic rings. The maximum absolute atomic E-state index is 9.04. The van der Waals surface area contributed by atoms with Crippen molar-refractivity contribution in [2.75, 3.05) is 0 Å². The summed E-state index contributed by atoms with van der Waals surface area (Å²) < 4.78 is 0. The lowest BCUT2D eigenvalue weighted by molar-refractivity contribution is 0.383. The summed E-state index contributed by atoms with van der Waals surface area (Å²) in [5.74, 6) is 0.555. The van der Waals surface area contributed by atoms with E-state index in [-0.39, 0.29) is 0 Å². The van der Waals surface area contributed by atoms with E-state index >= 15 is 0 Å². The molecule has 0 fully saturated rings. The molecule has 1 heteroatoms. The van der Waals surface area contributed by atoms with Crippen molar-refractivity contribution in [3.8, 4) is 0 Å². The highest BCUT2D eigenvalue weighted by Crippen LogP contribution is 2.01. The fraction of sp³-hybridized carbons (Fsp3) is 0.750. The van der Waals surface area contributed by atoms with Crippen LogP contribution in [0.2, 0.25) is 0 Å². The largest absolute Gasteiger partial charge is 0.513 e. The molecule has 0 aromatic heterocycles. The third-order valence-electron chi connectivity index (χ3n) is 1.17. The molecule has 0 saturated heterocycles. The minimum Gasteiger partial charge on any atom is -0.513 e. The van der Waals surface area contributed by atoms with Crippen molar-refractivity contribution in [1.82, 2.24) is 0 Å². The Balaban J connectivity index is 3.30. The van der Waals surface area contributed by atoms with Crippen LogP contribution in [0.3, 0.4) is 0 Å². The van der Waals surface area contributed by atoms with E-state index in [4.69, 9.17) is 5.11 Å². The first-order valence-electron chi connectivity index (χ1n) is 3.69. The van der Waals surface area contributed by atoms with Gasteiger partial charge in [0.15, 0.2) is 0 Å². The molecule has 0 saturated carbocycles. The van der Waals surface area contributed by atoms with Crippen molar-refractivity contribution in [2.45, 2.75) is 39.5 Å². The Bertz CT molecular complexity index is 84.6. The van der Waals surface area contributed by atoms with Gasteiger partial charge in [0.2, 0.25) is 0 Å². The topological polar surface area (TPSA) is 20.2 Å². The van der Waals surface area contributed by atoms with Crippen LogP contribution in [0.4, 0.5) is 0 Å². The van der Waals surface area contributed by atoms with Gasteiger partial charge in [-0.1, -0.05) is 20.3 Å². The second-order valence-corrected chi connectivity index (χ2v) is 2.23. The highest BCUT2D eigenvalue weighted by molar-refractivity contribution is 4.89. The molecule has 0 atom stereocenters. The lowest BCUT2D eigenvalue weighted by atomic mass is 10.2. The highest BCUT2D eigenvalue weighted by Gasteiger charge is 1.87. The smallest absolute Gasteiger partial charge is 0.0882 e. The molecule has 0 radical (unpaired) electrons. The van der Waals surface area contributed by atoms with E-state index in [2.05, 4.69) is 13.8 Å². The van der Waals surface area contributed by atoms with E-state index in [0.717, 1.165) is 25.7 Å². The predicted octanol–water partition coefficient (Wildman–Crippen LogP) is 3.03. The number of unbranched alkanes of at least 4 members (excludes halogenated alkanes) is 1. The van der Waals surface area contributed by atoms with E-state index in [1.807, 2.05) is 6.08 Å². The molecule has 0 unspecified atom stereocenters. The summed E-state index contributed by atoms with van der Waals surface area (Å²) in [5.41, 5.74) is 0. The van der Waals surface area contributed by atoms with Crippen LogP contribution in [0, 0.1) is 0 Å². The summed E-state index contributed by atoms with van der Waals surface area (Å²) in [6, 6.07) is 0. The Morgan fingerprint density at radius 3 is 2.44 bits per heavy atom. The minimum absolute atomic E-state index is 0.555. The van der Waals surface area contributed by atoms with Crippen LogP contribution in [-0.2, 0) is 0 Å². The molecule has 0 heterocycles. The van der Waals surface area contributed by atoms with Crippen molar-refractivity contribution in [1.29, 1.82) is 0 Å². The Hall–Kier alpha value is -0.460. The van der Waals surface area contributed by atoms with E-state index in [9.17, 15) is 0 Å². The first-order valence-corrected chi connectivity index (χ1v) is 3.69. The van der Waals surface area contributed by atoms with Crippen LogP contribution in [0.1, 0.15) is 39.5 Å². The molecule has 0 aliphatic heterocycles. The summed E-state index contributed by atoms with van der Waals surface area (Å²) in [4.78, 5) is 0. The fourth-order valence-electron chi connectivity index (χ4n) is 0.669. The van der Waals surface area contributed by atoms with Gasteiger partial charge in [-0.25, -0.2) is 0 Å². The van der Waals surface area contributed by atoms with Gasteiger partial charge in [-0.05, 0) is 18.9 Å². The maximum atomic E-state index is 9.04. The standard InChI is InChI=1S/C8H16O/c1-3-5-7-8(9)6-4-2/h7,9H,3-6H2,1-2H3. The molecule has 0 aliphatic carbocycles. The van der Waals surface area contributed by atoms with Crippen molar-refractivity contribution >= 4 is 0 Å². The van der Waals surface area contributed by atoms with Crippen LogP contribution >= 0.6 is 0 Å².